The fraction of sp³-hybridized carbons (Fsp3) is 0.167. The highest BCUT2D eigenvalue weighted by atomic mass is 79.9. The Hall–Kier alpha value is -1.92. The van der Waals surface area contributed by atoms with E-state index in [-0.39, 0.29) is 16.6 Å². The zero-order chi connectivity index (χ0) is 17.3. The number of aromatic nitrogens is 2. The van der Waals surface area contributed by atoms with E-state index in [1.165, 1.54) is 16.3 Å². The van der Waals surface area contributed by atoms with Crippen LogP contribution in [0.15, 0.2) is 63.0 Å². The molecule has 122 valence electrons. The molecule has 0 unspecified atom stereocenters. The quantitative estimate of drug-likeness (QED) is 0.375. The summed E-state index contributed by atoms with van der Waals surface area (Å²) in [5.41, 5.74) is 1.18. The first-order chi connectivity index (χ1) is 11.5. The van der Waals surface area contributed by atoms with Gasteiger partial charge >= 0.3 is 0 Å². The molecule has 0 aliphatic heterocycles. The normalized spacial score (nSPS) is 12.3. The van der Waals surface area contributed by atoms with Crippen molar-refractivity contribution < 1.29 is 4.79 Å². The lowest BCUT2D eigenvalue weighted by molar-refractivity contribution is 0.0994. The predicted molar refractivity (Wildman–Crippen MR) is 101 cm³/mol. The molecule has 0 aliphatic carbocycles. The lowest BCUT2D eigenvalue weighted by atomic mass is 10.1. The van der Waals surface area contributed by atoms with Crippen LogP contribution in [-0.2, 0) is 7.05 Å². The molecule has 1 atom stereocenters. The van der Waals surface area contributed by atoms with Gasteiger partial charge in [0.25, 0.3) is 5.56 Å². The molecule has 3 aromatic rings. The summed E-state index contributed by atoms with van der Waals surface area (Å²) in [6.07, 6.45) is 0. The van der Waals surface area contributed by atoms with Crippen molar-refractivity contribution in [1.82, 2.24) is 9.55 Å². The van der Waals surface area contributed by atoms with Crippen molar-refractivity contribution in [1.29, 1.82) is 0 Å². The molecule has 0 saturated heterocycles. The Bertz CT molecular complexity index is 967. The number of hydrogen-bond donors (Lipinski definition) is 0. The number of carbonyl (C=O) groups excluding carboxylic acids is 1. The third kappa shape index (κ3) is 3.30. The minimum Gasteiger partial charge on any atom is -0.293 e. The van der Waals surface area contributed by atoms with Gasteiger partial charge in [0.05, 0.1) is 16.2 Å². The maximum Gasteiger partial charge on any atom is 0.261 e. The second kappa shape index (κ2) is 6.91. The van der Waals surface area contributed by atoms with Crippen LogP contribution in [0.2, 0.25) is 0 Å². The van der Waals surface area contributed by atoms with Crippen molar-refractivity contribution in [3.8, 4) is 0 Å². The van der Waals surface area contributed by atoms with E-state index in [0.717, 1.165) is 4.47 Å². The Morgan fingerprint density at radius 3 is 2.54 bits per heavy atom. The fourth-order valence-corrected chi connectivity index (χ4v) is 3.58. The summed E-state index contributed by atoms with van der Waals surface area (Å²) < 4.78 is 2.43. The van der Waals surface area contributed by atoms with Gasteiger partial charge in [0.15, 0.2) is 10.9 Å². The average molecular weight is 403 g/mol. The molecule has 0 bridgehead atoms. The molecule has 0 fully saturated rings. The molecule has 1 aromatic heterocycles. The minimum absolute atomic E-state index is 0.00917. The van der Waals surface area contributed by atoms with Crippen LogP contribution in [-0.4, -0.2) is 20.6 Å². The summed E-state index contributed by atoms with van der Waals surface area (Å²) in [6, 6.07) is 14.5. The Morgan fingerprint density at radius 1 is 1.17 bits per heavy atom. The van der Waals surface area contributed by atoms with E-state index >= 15 is 0 Å². The Balaban J connectivity index is 1.91. The third-order valence-corrected chi connectivity index (χ3v) is 5.39. The van der Waals surface area contributed by atoms with E-state index in [1.807, 2.05) is 37.3 Å². The monoisotopic (exact) mass is 402 g/mol. The van der Waals surface area contributed by atoms with Gasteiger partial charge in [0, 0.05) is 17.1 Å². The molecule has 0 saturated carbocycles. The maximum absolute atomic E-state index is 12.6. The number of halogens is 1. The van der Waals surface area contributed by atoms with E-state index in [0.29, 0.717) is 21.6 Å². The van der Waals surface area contributed by atoms with Crippen LogP contribution in [0.25, 0.3) is 10.9 Å². The maximum atomic E-state index is 12.6. The SMILES string of the molecule is C[C@H](Sc1nc2ccccc2c(=O)n1C)C(=O)c1ccc(Br)cc1. The highest BCUT2D eigenvalue weighted by molar-refractivity contribution is 9.10. The van der Waals surface area contributed by atoms with Crippen LogP contribution in [0, 0.1) is 0 Å². The molecule has 0 radical (unpaired) electrons. The number of Topliss-reactive ketones (excluding diaryl/α,β-unsaturated/α-hetero) is 1. The first-order valence-corrected chi connectivity index (χ1v) is 9.07. The molecule has 0 spiro atoms. The molecule has 0 N–H and O–H groups in total. The van der Waals surface area contributed by atoms with Crippen LogP contribution in [0.4, 0.5) is 0 Å². The van der Waals surface area contributed by atoms with Crippen LogP contribution < -0.4 is 5.56 Å². The van der Waals surface area contributed by atoms with E-state index in [1.54, 1.807) is 25.2 Å². The van der Waals surface area contributed by atoms with Crippen LogP contribution in [0.5, 0.6) is 0 Å². The van der Waals surface area contributed by atoms with Gasteiger partial charge in [-0.25, -0.2) is 4.98 Å². The molecule has 2 aromatic carbocycles. The number of ketones is 1. The van der Waals surface area contributed by atoms with Gasteiger partial charge in [-0.2, -0.15) is 0 Å². The summed E-state index contributed by atoms with van der Waals surface area (Å²) in [6.45, 7) is 1.83. The molecule has 1 heterocycles. The number of fused-ring (bicyclic) bond motifs is 1. The number of para-hydroxylation sites is 1. The zero-order valence-electron chi connectivity index (χ0n) is 13.2. The van der Waals surface area contributed by atoms with Gasteiger partial charge in [-0.3, -0.25) is 14.2 Å². The van der Waals surface area contributed by atoms with Gasteiger partial charge in [-0.05, 0) is 31.2 Å². The van der Waals surface area contributed by atoms with Gasteiger partial charge in [0.2, 0.25) is 0 Å². The minimum atomic E-state index is -0.342. The highest BCUT2D eigenvalue weighted by Gasteiger charge is 2.19. The van der Waals surface area contributed by atoms with Gasteiger partial charge in [0.1, 0.15) is 0 Å². The molecule has 6 heteroatoms. The molecule has 24 heavy (non-hydrogen) atoms. The Morgan fingerprint density at radius 2 is 1.83 bits per heavy atom. The molecular weight excluding hydrogens is 388 g/mol. The predicted octanol–water partition coefficient (Wildman–Crippen LogP) is 4.06. The lowest BCUT2D eigenvalue weighted by Gasteiger charge is -2.13. The number of carbonyl (C=O) groups is 1. The van der Waals surface area contributed by atoms with Gasteiger partial charge in [-0.15, -0.1) is 0 Å². The molecular formula is C18H15BrN2O2S. The van der Waals surface area contributed by atoms with Crippen LogP contribution >= 0.6 is 27.7 Å². The summed E-state index contributed by atoms with van der Waals surface area (Å²) in [5, 5.41) is 0.776. The second-order valence-electron chi connectivity index (χ2n) is 5.41. The van der Waals surface area contributed by atoms with Crippen LogP contribution in [0.1, 0.15) is 17.3 Å². The Labute approximate surface area is 152 Å². The average Bonchev–Trinajstić information content (AvgIpc) is 2.59. The van der Waals surface area contributed by atoms with Crippen molar-refractivity contribution in [3.05, 3.63) is 68.9 Å². The van der Waals surface area contributed by atoms with Crippen molar-refractivity contribution in [3.63, 3.8) is 0 Å². The van der Waals surface area contributed by atoms with Crippen LogP contribution in [0.3, 0.4) is 0 Å². The van der Waals surface area contributed by atoms with Gasteiger partial charge in [-0.1, -0.05) is 52.0 Å². The standard InChI is InChI=1S/C18H15BrN2O2S/c1-11(16(22)12-7-9-13(19)10-8-12)24-18-20-15-6-4-3-5-14(15)17(23)21(18)2/h3-11H,1-2H3/t11-/m0/s1. The summed E-state index contributed by atoms with van der Waals surface area (Å²) in [4.78, 5) is 29.5. The number of thioether (sulfide) groups is 1. The summed E-state index contributed by atoms with van der Waals surface area (Å²) in [5.74, 6) is 0.00917. The summed E-state index contributed by atoms with van der Waals surface area (Å²) in [7, 11) is 1.68. The molecule has 3 rings (SSSR count). The first-order valence-electron chi connectivity index (χ1n) is 7.39. The highest BCUT2D eigenvalue weighted by Crippen LogP contribution is 2.25. The largest absolute Gasteiger partial charge is 0.293 e. The van der Waals surface area contributed by atoms with Crippen molar-refractivity contribution >= 4 is 44.4 Å². The first kappa shape index (κ1) is 16.9. The van der Waals surface area contributed by atoms with Crippen molar-refractivity contribution in [2.45, 2.75) is 17.3 Å². The lowest BCUT2D eigenvalue weighted by Crippen LogP contribution is -2.22. The van der Waals surface area contributed by atoms with E-state index in [4.69, 9.17) is 0 Å². The number of hydrogen-bond acceptors (Lipinski definition) is 4. The van der Waals surface area contributed by atoms with E-state index in [2.05, 4.69) is 20.9 Å². The molecule has 0 aliphatic rings. The zero-order valence-corrected chi connectivity index (χ0v) is 15.6. The second-order valence-corrected chi connectivity index (χ2v) is 7.63. The van der Waals surface area contributed by atoms with E-state index < -0.39 is 0 Å². The van der Waals surface area contributed by atoms with E-state index in [9.17, 15) is 9.59 Å². The van der Waals surface area contributed by atoms with Crippen molar-refractivity contribution in [2.24, 2.45) is 7.05 Å². The fourth-order valence-electron chi connectivity index (χ4n) is 2.36. The number of benzene rings is 2. The smallest absolute Gasteiger partial charge is 0.261 e. The number of rotatable bonds is 4. The third-order valence-electron chi connectivity index (χ3n) is 3.72. The molecule has 0 amide bonds. The van der Waals surface area contributed by atoms with Crippen molar-refractivity contribution in [2.75, 3.05) is 0 Å². The Kier molecular flexibility index (Phi) is 4.87. The van der Waals surface area contributed by atoms with Gasteiger partial charge < -0.3 is 0 Å². The molecule has 4 nitrogen and oxygen atoms in total. The number of nitrogens with zero attached hydrogens (tertiary/aromatic N) is 2. The topological polar surface area (TPSA) is 52.0 Å². The summed E-state index contributed by atoms with van der Waals surface area (Å²) >= 11 is 4.66.